The van der Waals surface area contributed by atoms with Crippen molar-refractivity contribution < 1.29 is 13.9 Å². The topological polar surface area (TPSA) is 42.7 Å². The second-order valence-corrected chi connectivity index (χ2v) is 8.77. The lowest BCUT2D eigenvalue weighted by Crippen LogP contribution is -2.27. The van der Waals surface area contributed by atoms with E-state index in [-0.39, 0.29) is 5.91 Å². The highest BCUT2D eigenvalue weighted by Gasteiger charge is 2.33. The van der Waals surface area contributed by atoms with Gasteiger partial charge in [-0.2, -0.15) is 0 Å². The van der Waals surface area contributed by atoms with E-state index in [1.165, 1.54) is 16.7 Å². The molecule has 1 saturated heterocycles. The van der Waals surface area contributed by atoms with Gasteiger partial charge in [-0.1, -0.05) is 47.2 Å². The number of amides is 1. The quantitative estimate of drug-likeness (QED) is 0.291. The molecule has 0 spiro atoms. The third-order valence-corrected chi connectivity index (χ3v) is 6.35. The van der Waals surface area contributed by atoms with Crippen molar-refractivity contribution in [3.63, 3.8) is 0 Å². The van der Waals surface area contributed by atoms with E-state index in [9.17, 15) is 4.79 Å². The minimum Gasteiger partial charge on any atom is -0.494 e. The molecule has 1 aromatic heterocycles. The molecular weight excluding hydrogens is 461 g/mol. The van der Waals surface area contributed by atoms with E-state index in [0.29, 0.717) is 43.1 Å². The van der Waals surface area contributed by atoms with Gasteiger partial charge in [-0.25, -0.2) is 0 Å². The number of benzene rings is 2. The lowest BCUT2D eigenvalue weighted by Gasteiger charge is -2.15. The Kier molecular flexibility index (Phi) is 6.20. The molecule has 8 heteroatoms. The van der Waals surface area contributed by atoms with Gasteiger partial charge in [-0.05, 0) is 61.5 Å². The van der Waals surface area contributed by atoms with E-state index >= 15 is 0 Å². The van der Waals surface area contributed by atoms with E-state index in [4.69, 9.17) is 44.6 Å². The van der Waals surface area contributed by atoms with E-state index < -0.39 is 0 Å². The molecule has 3 aromatic rings. The van der Waals surface area contributed by atoms with Crippen LogP contribution in [0.2, 0.25) is 10.0 Å². The Morgan fingerprint density at radius 1 is 1.10 bits per heavy atom. The predicted molar refractivity (Wildman–Crippen MR) is 127 cm³/mol. The number of rotatable bonds is 5. The summed E-state index contributed by atoms with van der Waals surface area (Å²) < 4.78 is 11.8. The molecule has 0 bridgehead atoms. The van der Waals surface area contributed by atoms with Crippen LogP contribution in [0.4, 0.5) is 5.69 Å². The van der Waals surface area contributed by atoms with Crippen LogP contribution in [0.25, 0.3) is 17.4 Å². The third-order valence-electron chi connectivity index (χ3n) is 4.30. The summed E-state index contributed by atoms with van der Waals surface area (Å²) in [5, 5.41) is 0.925. The van der Waals surface area contributed by atoms with Gasteiger partial charge in [-0.3, -0.25) is 9.69 Å². The highest BCUT2D eigenvalue weighted by atomic mass is 35.5. The zero-order chi connectivity index (χ0) is 21.3. The number of thiocarbonyl (C=S) groups is 1. The first-order valence-corrected chi connectivity index (χ1v) is 11.0. The Balaban J connectivity index is 1.56. The molecule has 1 amide bonds. The van der Waals surface area contributed by atoms with Gasteiger partial charge in [0.2, 0.25) is 0 Å². The van der Waals surface area contributed by atoms with Crippen molar-refractivity contribution in [1.82, 2.24) is 0 Å². The number of furan rings is 1. The van der Waals surface area contributed by atoms with Gasteiger partial charge in [0.1, 0.15) is 17.3 Å². The second kappa shape index (κ2) is 8.86. The lowest BCUT2D eigenvalue weighted by atomic mass is 10.2. The van der Waals surface area contributed by atoms with Crippen molar-refractivity contribution >= 4 is 69.2 Å². The summed E-state index contributed by atoms with van der Waals surface area (Å²) in [5.41, 5.74) is 1.49. The molecule has 1 aliphatic rings. The molecule has 152 valence electrons. The van der Waals surface area contributed by atoms with Gasteiger partial charge in [0.05, 0.1) is 27.2 Å². The minimum atomic E-state index is -0.193. The Morgan fingerprint density at radius 3 is 2.57 bits per heavy atom. The number of carbonyl (C=O) groups excluding carboxylic acids is 1. The van der Waals surface area contributed by atoms with Crippen molar-refractivity contribution in [2.24, 2.45) is 0 Å². The van der Waals surface area contributed by atoms with Crippen LogP contribution in [-0.2, 0) is 4.79 Å². The van der Waals surface area contributed by atoms with E-state index in [2.05, 4.69) is 0 Å². The zero-order valence-corrected chi connectivity index (χ0v) is 18.9. The maximum absolute atomic E-state index is 12.9. The van der Waals surface area contributed by atoms with Gasteiger partial charge in [0, 0.05) is 11.6 Å². The number of hydrogen-bond donors (Lipinski definition) is 0. The Hall–Kier alpha value is -2.25. The Bertz CT molecular complexity index is 1160. The molecular formula is C22H15Cl2NO3S2. The second-order valence-electron chi connectivity index (χ2n) is 6.27. The third kappa shape index (κ3) is 4.27. The van der Waals surface area contributed by atoms with E-state index in [0.717, 1.165) is 11.3 Å². The predicted octanol–water partition coefficient (Wildman–Crippen LogP) is 7.06. The molecule has 4 rings (SSSR count). The molecule has 0 N–H and O–H groups in total. The van der Waals surface area contributed by atoms with Crippen LogP contribution in [0.3, 0.4) is 0 Å². The number of anilines is 1. The number of hydrogen-bond acceptors (Lipinski definition) is 5. The molecule has 0 aliphatic carbocycles. The van der Waals surface area contributed by atoms with Crippen LogP contribution >= 0.6 is 47.2 Å². The van der Waals surface area contributed by atoms with Gasteiger partial charge < -0.3 is 9.15 Å². The molecule has 0 radical (unpaired) electrons. The first-order chi connectivity index (χ1) is 14.5. The molecule has 0 atom stereocenters. The summed E-state index contributed by atoms with van der Waals surface area (Å²) >= 11 is 18.7. The first-order valence-electron chi connectivity index (χ1n) is 9.02. The van der Waals surface area contributed by atoms with Crippen LogP contribution in [0.15, 0.2) is 63.9 Å². The molecule has 0 unspecified atom stereocenters. The summed E-state index contributed by atoms with van der Waals surface area (Å²) in [6, 6.07) is 16.1. The van der Waals surface area contributed by atoms with E-state index in [1.54, 1.807) is 24.3 Å². The molecule has 1 aliphatic heterocycles. The van der Waals surface area contributed by atoms with Crippen molar-refractivity contribution in [3.05, 3.63) is 75.3 Å². The first kappa shape index (κ1) is 21.0. The monoisotopic (exact) mass is 475 g/mol. The number of thioether (sulfide) groups is 1. The Labute approximate surface area is 193 Å². The summed E-state index contributed by atoms with van der Waals surface area (Å²) in [6.45, 7) is 2.50. The molecule has 0 saturated carbocycles. The number of halogens is 2. The van der Waals surface area contributed by atoms with E-state index in [1.807, 2.05) is 43.3 Å². The number of nitrogens with zero attached hydrogens (tertiary/aromatic N) is 1. The maximum Gasteiger partial charge on any atom is 0.270 e. The summed E-state index contributed by atoms with van der Waals surface area (Å²) in [4.78, 5) is 14.9. The summed E-state index contributed by atoms with van der Waals surface area (Å²) in [6.07, 6.45) is 1.69. The molecule has 2 heterocycles. The van der Waals surface area contributed by atoms with Crippen LogP contribution < -0.4 is 9.64 Å². The fraction of sp³-hybridized carbons (Fsp3) is 0.0909. The largest absolute Gasteiger partial charge is 0.494 e. The lowest BCUT2D eigenvalue weighted by molar-refractivity contribution is -0.113. The Morgan fingerprint density at radius 2 is 1.87 bits per heavy atom. The fourth-order valence-corrected chi connectivity index (χ4v) is 4.49. The normalized spacial score (nSPS) is 15.3. The maximum atomic E-state index is 12.9. The number of carbonyl (C=O) groups is 1. The van der Waals surface area contributed by atoms with Gasteiger partial charge in [0.25, 0.3) is 5.91 Å². The van der Waals surface area contributed by atoms with Gasteiger partial charge in [-0.15, -0.1) is 0 Å². The number of ether oxygens (including phenoxy) is 1. The van der Waals surface area contributed by atoms with Crippen LogP contribution in [0, 0.1) is 0 Å². The molecule has 2 aromatic carbocycles. The highest BCUT2D eigenvalue weighted by molar-refractivity contribution is 8.27. The van der Waals surface area contributed by atoms with Crippen LogP contribution in [-0.4, -0.2) is 16.8 Å². The highest BCUT2D eigenvalue weighted by Crippen LogP contribution is 2.37. The molecule has 4 nitrogen and oxygen atoms in total. The van der Waals surface area contributed by atoms with Crippen LogP contribution in [0.1, 0.15) is 12.7 Å². The SMILES string of the molecule is CCOc1ccc(N2C(=O)/C(=C/c3ccc(-c4ccc(Cl)c(Cl)c4)o3)SC2=S)cc1. The average molecular weight is 476 g/mol. The standard InChI is InChI=1S/C22H15Cl2NO3S2/c1-2-27-15-6-4-14(5-7-15)25-21(26)20(30-22(25)29)12-16-8-10-19(28-16)13-3-9-17(23)18(24)11-13/h3-12H,2H2,1H3/b20-12-. The summed E-state index contributed by atoms with van der Waals surface area (Å²) in [5.74, 6) is 1.72. The van der Waals surface area contributed by atoms with Crippen molar-refractivity contribution in [1.29, 1.82) is 0 Å². The van der Waals surface area contributed by atoms with Crippen molar-refractivity contribution in [3.8, 4) is 17.1 Å². The average Bonchev–Trinajstić information content (AvgIpc) is 3.30. The van der Waals surface area contributed by atoms with Crippen molar-refractivity contribution in [2.75, 3.05) is 11.5 Å². The minimum absolute atomic E-state index is 0.193. The molecule has 30 heavy (non-hydrogen) atoms. The van der Waals surface area contributed by atoms with Crippen molar-refractivity contribution in [2.45, 2.75) is 6.92 Å². The van der Waals surface area contributed by atoms with Crippen LogP contribution in [0.5, 0.6) is 5.75 Å². The fourth-order valence-electron chi connectivity index (χ4n) is 2.91. The van der Waals surface area contributed by atoms with Gasteiger partial charge in [0.15, 0.2) is 4.32 Å². The summed E-state index contributed by atoms with van der Waals surface area (Å²) in [7, 11) is 0. The molecule has 1 fully saturated rings. The van der Waals surface area contributed by atoms with Gasteiger partial charge >= 0.3 is 0 Å². The zero-order valence-electron chi connectivity index (χ0n) is 15.7. The smallest absolute Gasteiger partial charge is 0.270 e.